The molecule has 6 nitrogen and oxygen atoms in total. The highest BCUT2D eigenvalue weighted by Crippen LogP contribution is 2.28. The molecule has 0 spiro atoms. The number of morpholine rings is 1. The van der Waals surface area contributed by atoms with Crippen molar-refractivity contribution in [3.8, 4) is 0 Å². The van der Waals surface area contributed by atoms with Gasteiger partial charge in [-0.25, -0.2) is 4.79 Å². The Bertz CT molecular complexity index is 1100. The van der Waals surface area contributed by atoms with Crippen molar-refractivity contribution in [3.05, 3.63) is 69.3 Å². The summed E-state index contributed by atoms with van der Waals surface area (Å²) < 4.78 is 6.99. The number of benzene rings is 2. The third-order valence-electron chi connectivity index (χ3n) is 5.02. The first kappa shape index (κ1) is 19.8. The Balaban J connectivity index is 1.79. The van der Waals surface area contributed by atoms with E-state index in [1.165, 1.54) is 0 Å². The average molecular weight is 433 g/mol. The van der Waals surface area contributed by atoms with Gasteiger partial charge in [-0.15, -0.1) is 0 Å². The van der Waals surface area contributed by atoms with E-state index in [0.717, 1.165) is 5.56 Å². The number of rotatable bonds is 4. The number of ether oxygens (including phenoxy) is 1. The van der Waals surface area contributed by atoms with E-state index in [4.69, 9.17) is 27.9 Å². The first-order valence-corrected chi connectivity index (χ1v) is 9.88. The van der Waals surface area contributed by atoms with Crippen LogP contribution in [0.4, 0.5) is 0 Å². The summed E-state index contributed by atoms with van der Waals surface area (Å²) in [7, 11) is 0. The van der Waals surface area contributed by atoms with Gasteiger partial charge in [0.2, 0.25) is 0 Å². The van der Waals surface area contributed by atoms with Gasteiger partial charge in [-0.2, -0.15) is 0 Å². The number of nitrogens with zero attached hydrogens (tertiary/aromatic N) is 2. The molecule has 0 bridgehead atoms. The highest BCUT2D eigenvalue weighted by molar-refractivity contribution is 6.42. The van der Waals surface area contributed by atoms with Crippen LogP contribution in [0.2, 0.25) is 10.0 Å². The maximum absolute atomic E-state index is 13.0. The summed E-state index contributed by atoms with van der Waals surface area (Å²) in [6, 6.07) is 12.1. The molecular weight excluding hydrogens is 415 g/mol. The highest BCUT2D eigenvalue weighted by Gasteiger charge is 2.23. The molecule has 2 heterocycles. The maximum atomic E-state index is 13.0. The molecule has 0 saturated carbocycles. The number of amides is 1. The number of aromatic carboxylic acids is 1. The van der Waals surface area contributed by atoms with Crippen molar-refractivity contribution in [3.63, 3.8) is 0 Å². The third-order valence-corrected chi connectivity index (χ3v) is 5.76. The summed E-state index contributed by atoms with van der Waals surface area (Å²) in [6.07, 6.45) is 0. The second-order valence-corrected chi connectivity index (χ2v) is 7.63. The predicted molar refractivity (Wildman–Crippen MR) is 111 cm³/mol. The van der Waals surface area contributed by atoms with Gasteiger partial charge < -0.3 is 19.3 Å². The molecule has 8 heteroatoms. The predicted octanol–water partition coefficient (Wildman–Crippen LogP) is 4.17. The standard InChI is InChI=1S/C21H18Cl2N2O4/c22-16-5-4-13(10-17(16)23)12-25-18-3-1-2-14(15(18)11-19(25)21(27)28)20(26)24-6-8-29-9-7-24/h1-5,10-11H,6-9,12H2,(H,27,28). The van der Waals surface area contributed by atoms with Gasteiger partial charge in [0.25, 0.3) is 5.91 Å². The molecule has 1 N–H and O–H groups in total. The fraction of sp³-hybridized carbons (Fsp3) is 0.238. The van der Waals surface area contributed by atoms with Crippen LogP contribution in [-0.2, 0) is 11.3 Å². The van der Waals surface area contributed by atoms with Gasteiger partial charge in [-0.1, -0.05) is 35.3 Å². The van der Waals surface area contributed by atoms with E-state index in [-0.39, 0.29) is 18.1 Å². The molecule has 2 aromatic carbocycles. The molecule has 0 atom stereocenters. The summed E-state index contributed by atoms with van der Waals surface area (Å²) in [5, 5.41) is 11.2. The van der Waals surface area contributed by atoms with Crippen molar-refractivity contribution in [2.75, 3.05) is 26.3 Å². The number of aromatic nitrogens is 1. The topological polar surface area (TPSA) is 71.8 Å². The minimum Gasteiger partial charge on any atom is -0.477 e. The zero-order chi connectivity index (χ0) is 20.5. The van der Waals surface area contributed by atoms with E-state index in [1.807, 2.05) is 6.07 Å². The number of hydrogen-bond acceptors (Lipinski definition) is 3. The van der Waals surface area contributed by atoms with Crippen LogP contribution < -0.4 is 0 Å². The van der Waals surface area contributed by atoms with Gasteiger partial charge in [0.1, 0.15) is 5.69 Å². The van der Waals surface area contributed by atoms with Crippen LogP contribution in [-0.4, -0.2) is 52.8 Å². The van der Waals surface area contributed by atoms with Crippen LogP contribution >= 0.6 is 23.2 Å². The van der Waals surface area contributed by atoms with Crippen LogP contribution in [0, 0.1) is 0 Å². The minimum atomic E-state index is -1.06. The Kier molecular flexibility index (Phi) is 5.50. The Morgan fingerprint density at radius 2 is 1.79 bits per heavy atom. The zero-order valence-electron chi connectivity index (χ0n) is 15.4. The second kappa shape index (κ2) is 8.06. The maximum Gasteiger partial charge on any atom is 0.352 e. The van der Waals surface area contributed by atoms with Crippen LogP contribution in [0.25, 0.3) is 10.9 Å². The van der Waals surface area contributed by atoms with Gasteiger partial charge >= 0.3 is 5.97 Å². The largest absolute Gasteiger partial charge is 0.477 e. The number of carbonyl (C=O) groups excluding carboxylic acids is 1. The molecule has 29 heavy (non-hydrogen) atoms. The average Bonchev–Trinajstić information content (AvgIpc) is 3.10. The SMILES string of the molecule is O=C(O)c1cc2c(C(=O)N3CCOCC3)cccc2n1Cc1ccc(Cl)c(Cl)c1. The summed E-state index contributed by atoms with van der Waals surface area (Å²) in [5.41, 5.74) is 2.07. The quantitative estimate of drug-likeness (QED) is 0.671. The Morgan fingerprint density at radius 3 is 2.48 bits per heavy atom. The fourth-order valence-electron chi connectivity index (χ4n) is 3.58. The van der Waals surface area contributed by atoms with E-state index < -0.39 is 5.97 Å². The molecule has 1 saturated heterocycles. The van der Waals surface area contributed by atoms with Crippen molar-refractivity contribution in [2.24, 2.45) is 0 Å². The molecule has 150 valence electrons. The molecule has 4 rings (SSSR count). The fourth-order valence-corrected chi connectivity index (χ4v) is 3.90. The summed E-state index contributed by atoms with van der Waals surface area (Å²) in [6.45, 7) is 2.33. The van der Waals surface area contributed by atoms with Crippen molar-refractivity contribution in [1.82, 2.24) is 9.47 Å². The van der Waals surface area contributed by atoms with Crippen LogP contribution in [0.5, 0.6) is 0 Å². The van der Waals surface area contributed by atoms with E-state index in [9.17, 15) is 14.7 Å². The van der Waals surface area contributed by atoms with Crippen molar-refractivity contribution < 1.29 is 19.4 Å². The Hall–Kier alpha value is -2.54. The third kappa shape index (κ3) is 3.83. The monoisotopic (exact) mass is 432 g/mol. The second-order valence-electron chi connectivity index (χ2n) is 6.81. The Labute approximate surface area is 177 Å². The summed E-state index contributed by atoms with van der Waals surface area (Å²) in [5.74, 6) is -1.19. The molecule has 0 radical (unpaired) electrons. The molecule has 0 aliphatic carbocycles. The first-order chi connectivity index (χ1) is 14.0. The number of hydrogen-bond donors (Lipinski definition) is 1. The van der Waals surface area contributed by atoms with Crippen molar-refractivity contribution in [2.45, 2.75) is 6.54 Å². The summed E-state index contributed by atoms with van der Waals surface area (Å²) >= 11 is 12.1. The molecule has 0 unspecified atom stereocenters. The van der Waals surface area contributed by atoms with Crippen LogP contribution in [0.3, 0.4) is 0 Å². The number of fused-ring (bicyclic) bond motifs is 1. The molecule has 1 aliphatic heterocycles. The van der Waals surface area contributed by atoms with E-state index >= 15 is 0 Å². The van der Waals surface area contributed by atoms with Gasteiger partial charge in [0.15, 0.2) is 0 Å². The molecule has 1 aromatic heterocycles. The highest BCUT2D eigenvalue weighted by atomic mass is 35.5. The van der Waals surface area contributed by atoms with Crippen molar-refractivity contribution >= 4 is 46.0 Å². The number of halogens is 2. The van der Waals surface area contributed by atoms with Gasteiger partial charge in [-0.05, 0) is 35.9 Å². The lowest BCUT2D eigenvalue weighted by Gasteiger charge is -2.27. The number of carbonyl (C=O) groups is 2. The molecule has 1 fully saturated rings. The molecular formula is C21H18Cl2N2O4. The van der Waals surface area contributed by atoms with Gasteiger partial charge in [-0.3, -0.25) is 4.79 Å². The van der Waals surface area contributed by atoms with Crippen molar-refractivity contribution in [1.29, 1.82) is 0 Å². The Morgan fingerprint density at radius 1 is 1.03 bits per heavy atom. The first-order valence-electron chi connectivity index (χ1n) is 9.12. The molecule has 3 aromatic rings. The van der Waals surface area contributed by atoms with E-state index in [1.54, 1.807) is 45.9 Å². The van der Waals surface area contributed by atoms with Gasteiger partial charge in [0.05, 0.1) is 23.3 Å². The normalized spacial score (nSPS) is 14.3. The lowest BCUT2D eigenvalue weighted by molar-refractivity contribution is 0.0304. The lowest BCUT2D eigenvalue weighted by Crippen LogP contribution is -2.40. The molecule has 1 amide bonds. The van der Waals surface area contributed by atoms with E-state index in [2.05, 4.69) is 0 Å². The molecule has 1 aliphatic rings. The van der Waals surface area contributed by atoms with Gasteiger partial charge in [0, 0.05) is 36.1 Å². The summed E-state index contributed by atoms with van der Waals surface area (Å²) in [4.78, 5) is 26.7. The van der Waals surface area contributed by atoms with Crippen LogP contribution in [0.15, 0.2) is 42.5 Å². The van der Waals surface area contributed by atoms with E-state index in [0.29, 0.717) is 52.8 Å². The smallest absolute Gasteiger partial charge is 0.352 e. The van der Waals surface area contributed by atoms with Crippen LogP contribution in [0.1, 0.15) is 26.4 Å². The number of carboxylic acids is 1. The minimum absolute atomic E-state index is 0.105. The number of carboxylic acid groups (broad SMARTS) is 1. The zero-order valence-corrected chi connectivity index (χ0v) is 16.9. The lowest BCUT2D eigenvalue weighted by atomic mass is 10.1.